The lowest BCUT2D eigenvalue weighted by Gasteiger charge is -2.44. The van der Waals surface area contributed by atoms with Gasteiger partial charge in [-0.25, -0.2) is 9.18 Å². The molecule has 0 bridgehead atoms. The highest BCUT2D eigenvalue weighted by Gasteiger charge is 2.42. The lowest BCUT2D eigenvalue weighted by molar-refractivity contribution is -0.140. The zero-order valence-electron chi connectivity index (χ0n) is 21.8. The van der Waals surface area contributed by atoms with E-state index in [2.05, 4.69) is 21.7 Å². The molecule has 3 atom stereocenters. The third-order valence-electron chi connectivity index (χ3n) is 6.72. The highest BCUT2D eigenvalue weighted by molar-refractivity contribution is 5.86. The van der Waals surface area contributed by atoms with Gasteiger partial charge >= 0.3 is 6.09 Å². The summed E-state index contributed by atoms with van der Waals surface area (Å²) in [5, 5.41) is 2.82. The first kappa shape index (κ1) is 27.1. The van der Waals surface area contributed by atoms with Gasteiger partial charge in [0.1, 0.15) is 17.5 Å². The molecule has 2 fully saturated rings. The third kappa shape index (κ3) is 7.77. The largest absolute Gasteiger partial charge is 0.444 e. The van der Waals surface area contributed by atoms with Gasteiger partial charge in [-0.05, 0) is 78.4 Å². The number of ether oxygens (including phenoxy) is 1. The Morgan fingerprint density at radius 1 is 1.26 bits per heavy atom. The molecule has 3 rings (SSSR count). The fourth-order valence-electron chi connectivity index (χ4n) is 4.60. The van der Waals surface area contributed by atoms with Crippen LogP contribution >= 0.6 is 0 Å². The van der Waals surface area contributed by atoms with Crippen molar-refractivity contribution in [3.8, 4) is 0 Å². The Morgan fingerprint density at radius 2 is 1.91 bits per heavy atom. The number of carbonyl (C=O) groups is 2. The van der Waals surface area contributed by atoms with Crippen LogP contribution in [0.4, 0.5) is 9.18 Å². The summed E-state index contributed by atoms with van der Waals surface area (Å²) in [5.74, 6) is 0.109. The van der Waals surface area contributed by atoms with E-state index in [0.29, 0.717) is 37.5 Å². The van der Waals surface area contributed by atoms with Crippen LogP contribution in [-0.4, -0.2) is 90.7 Å². The lowest BCUT2D eigenvalue weighted by Crippen LogP contribution is -2.63. The van der Waals surface area contributed by atoms with Gasteiger partial charge in [-0.1, -0.05) is 18.2 Å². The van der Waals surface area contributed by atoms with Crippen LogP contribution in [0.15, 0.2) is 36.9 Å². The smallest absolute Gasteiger partial charge is 0.408 e. The van der Waals surface area contributed by atoms with Crippen molar-refractivity contribution in [2.24, 2.45) is 0 Å². The maximum absolute atomic E-state index is 13.3. The molecule has 1 saturated carbocycles. The van der Waals surface area contributed by atoms with Gasteiger partial charge in [-0.15, -0.1) is 6.58 Å². The van der Waals surface area contributed by atoms with Crippen molar-refractivity contribution < 1.29 is 18.7 Å². The molecular weight excluding hydrogens is 447 g/mol. The Kier molecular flexibility index (Phi) is 8.94. The number of nitrogens with zero attached hydrogens (tertiary/aromatic N) is 3. The van der Waals surface area contributed by atoms with Crippen LogP contribution in [0.2, 0.25) is 0 Å². The normalized spacial score (nSPS) is 21.0. The molecule has 35 heavy (non-hydrogen) atoms. The number of rotatable bonds is 11. The predicted molar refractivity (Wildman–Crippen MR) is 136 cm³/mol. The van der Waals surface area contributed by atoms with E-state index in [9.17, 15) is 14.0 Å². The maximum Gasteiger partial charge on any atom is 0.408 e. The topological polar surface area (TPSA) is 65.1 Å². The molecule has 1 N–H and O–H groups in total. The van der Waals surface area contributed by atoms with Crippen molar-refractivity contribution in [1.82, 2.24) is 20.0 Å². The SMILES string of the molecule is C=CCN(CCCC(NC(=O)OC(C)(C)C)C(=O)N1CC(N(C)C)C1)C1C[C@H]1c1ccc(F)cc1. The van der Waals surface area contributed by atoms with Gasteiger partial charge < -0.3 is 19.9 Å². The van der Waals surface area contributed by atoms with E-state index < -0.39 is 17.7 Å². The Balaban J connectivity index is 1.57. The molecule has 1 aromatic rings. The number of nitrogens with one attached hydrogen (secondary N) is 1. The van der Waals surface area contributed by atoms with E-state index in [-0.39, 0.29) is 11.7 Å². The van der Waals surface area contributed by atoms with E-state index in [1.807, 2.05) is 32.3 Å². The Labute approximate surface area is 209 Å². The molecule has 194 valence electrons. The fourth-order valence-corrected chi connectivity index (χ4v) is 4.60. The summed E-state index contributed by atoms with van der Waals surface area (Å²) in [4.78, 5) is 31.9. The zero-order chi connectivity index (χ0) is 25.8. The van der Waals surface area contributed by atoms with Crippen molar-refractivity contribution >= 4 is 12.0 Å². The van der Waals surface area contributed by atoms with Gasteiger partial charge in [0.25, 0.3) is 0 Å². The number of likely N-dealkylation sites (N-methyl/N-ethyl adjacent to an activating group) is 1. The Hall–Kier alpha value is -2.45. The standard InChI is InChI=1S/C27H41FN4O3/c1-7-14-31(24-16-22(24)19-10-12-20(28)13-11-19)15-8-9-23(29-26(34)35-27(2,3)4)25(33)32-17-21(18-32)30(5)6/h7,10-13,21-24H,1,8-9,14-18H2,2-6H3,(H,29,34)/t22-,23?,24?/m0/s1. The number of alkyl carbamates (subject to hydrolysis) is 1. The van der Waals surface area contributed by atoms with Crippen LogP contribution in [-0.2, 0) is 9.53 Å². The van der Waals surface area contributed by atoms with Crippen LogP contribution in [0.3, 0.4) is 0 Å². The molecule has 8 heteroatoms. The minimum Gasteiger partial charge on any atom is -0.444 e. The minimum absolute atomic E-state index is 0.0557. The first-order chi connectivity index (χ1) is 16.5. The molecule has 1 aliphatic carbocycles. The lowest BCUT2D eigenvalue weighted by atomic mass is 10.0. The molecule has 7 nitrogen and oxygen atoms in total. The number of hydrogen-bond donors (Lipinski definition) is 1. The van der Waals surface area contributed by atoms with Gasteiger partial charge in [-0.2, -0.15) is 0 Å². The highest BCUT2D eigenvalue weighted by Crippen LogP contribution is 2.44. The van der Waals surface area contributed by atoms with Crippen LogP contribution in [0.1, 0.15) is 51.5 Å². The van der Waals surface area contributed by atoms with E-state index in [0.717, 1.165) is 31.5 Å². The summed E-state index contributed by atoms with van der Waals surface area (Å²) in [6.07, 6.45) is 3.63. The number of carbonyl (C=O) groups excluding carboxylic acids is 2. The van der Waals surface area contributed by atoms with Crippen LogP contribution < -0.4 is 5.32 Å². The molecule has 2 aliphatic rings. The second-order valence-electron chi connectivity index (χ2n) is 10.9. The molecule has 0 spiro atoms. The minimum atomic E-state index is -0.632. The van der Waals surface area contributed by atoms with E-state index >= 15 is 0 Å². The molecule has 1 heterocycles. The first-order valence-corrected chi connectivity index (χ1v) is 12.5. The molecule has 1 aromatic carbocycles. The van der Waals surface area contributed by atoms with E-state index in [1.165, 1.54) is 12.1 Å². The Morgan fingerprint density at radius 3 is 2.49 bits per heavy atom. The summed E-state index contributed by atoms with van der Waals surface area (Å²) in [7, 11) is 4.02. The van der Waals surface area contributed by atoms with Crippen LogP contribution in [0.5, 0.6) is 0 Å². The number of likely N-dealkylation sites (tertiary alicyclic amines) is 1. The number of amides is 2. The maximum atomic E-state index is 13.3. The van der Waals surface area contributed by atoms with E-state index in [1.54, 1.807) is 25.7 Å². The summed E-state index contributed by atoms with van der Waals surface area (Å²) in [6.45, 7) is 12.2. The molecule has 1 aliphatic heterocycles. The summed E-state index contributed by atoms with van der Waals surface area (Å²) >= 11 is 0. The zero-order valence-corrected chi connectivity index (χ0v) is 21.8. The second kappa shape index (κ2) is 11.5. The van der Waals surface area contributed by atoms with Gasteiger partial charge in [0, 0.05) is 37.6 Å². The molecule has 0 radical (unpaired) electrons. The average molecular weight is 489 g/mol. The van der Waals surface area contributed by atoms with Crippen molar-refractivity contribution in [3.05, 3.63) is 48.3 Å². The Bertz CT molecular complexity index is 877. The molecule has 1 saturated heterocycles. The summed E-state index contributed by atoms with van der Waals surface area (Å²) in [6, 6.07) is 6.85. The third-order valence-corrected chi connectivity index (χ3v) is 6.72. The van der Waals surface area contributed by atoms with Crippen molar-refractivity contribution in [2.75, 3.05) is 40.3 Å². The molecule has 2 amide bonds. The van der Waals surface area contributed by atoms with Crippen LogP contribution in [0.25, 0.3) is 0 Å². The second-order valence-corrected chi connectivity index (χ2v) is 10.9. The number of halogens is 1. The highest BCUT2D eigenvalue weighted by atomic mass is 19.1. The quantitative estimate of drug-likeness (QED) is 0.482. The van der Waals surface area contributed by atoms with Gasteiger partial charge in [0.05, 0.1) is 0 Å². The summed E-state index contributed by atoms with van der Waals surface area (Å²) < 4.78 is 18.7. The van der Waals surface area contributed by atoms with Crippen molar-refractivity contribution in [1.29, 1.82) is 0 Å². The van der Waals surface area contributed by atoms with Crippen molar-refractivity contribution in [3.63, 3.8) is 0 Å². The fraction of sp³-hybridized carbons (Fsp3) is 0.630. The van der Waals surface area contributed by atoms with E-state index in [4.69, 9.17) is 4.74 Å². The van der Waals surface area contributed by atoms with Crippen molar-refractivity contribution in [2.45, 2.75) is 69.7 Å². The van der Waals surface area contributed by atoms with Gasteiger partial charge in [0.2, 0.25) is 5.91 Å². The first-order valence-electron chi connectivity index (χ1n) is 12.5. The number of benzene rings is 1. The van der Waals surface area contributed by atoms with Gasteiger partial charge in [-0.3, -0.25) is 9.69 Å². The molecule has 2 unspecified atom stereocenters. The molecular formula is C27H41FN4O3. The predicted octanol–water partition coefficient (Wildman–Crippen LogP) is 3.62. The van der Waals surface area contributed by atoms with Crippen LogP contribution in [0, 0.1) is 5.82 Å². The average Bonchev–Trinajstić information content (AvgIpc) is 3.50. The monoisotopic (exact) mass is 488 g/mol. The number of hydrogen-bond acceptors (Lipinski definition) is 5. The van der Waals surface area contributed by atoms with Gasteiger partial charge in [0.15, 0.2) is 0 Å². The summed E-state index contributed by atoms with van der Waals surface area (Å²) in [5.41, 5.74) is 0.519. The molecule has 0 aromatic heterocycles.